The number of aliphatic imine (C=N–C) groups is 1. The fraction of sp³-hybridized carbons (Fsp3) is 0.562. The first kappa shape index (κ1) is 20.1. The molecule has 0 saturated carbocycles. The van der Waals surface area contributed by atoms with Crippen molar-refractivity contribution in [2.75, 3.05) is 39.4 Å². The molecule has 2 rings (SSSR count). The van der Waals surface area contributed by atoms with Crippen LogP contribution in [0.5, 0.6) is 0 Å². The van der Waals surface area contributed by atoms with Gasteiger partial charge in [-0.05, 0) is 37.1 Å². The van der Waals surface area contributed by atoms with Crippen molar-refractivity contribution in [3.63, 3.8) is 0 Å². The van der Waals surface area contributed by atoms with Gasteiger partial charge in [-0.25, -0.2) is 9.38 Å². The number of hydrogen-bond donors (Lipinski definition) is 2. The average molecular weight is 436 g/mol. The van der Waals surface area contributed by atoms with Gasteiger partial charge in [0.15, 0.2) is 5.96 Å². The van der Waals surface area contributed by atoms with Crippen LogP contribution < -0.4 is 11.1 Å². The van der Waals surface area contributed by atoms with Crippen molar-refractivity contribution in [3.05, 3.63) is 35.1 Å². The summed E-state index contributed by atoms with van der Waals surface area (Å²) in [6.45, 7) is 7.72. The highest BCUT2D eigenvalue weighted by atomic mass is 127. The highest BCUT2D eigenvalue weighted by Crippen LogP contribution is 2.09. The lowest BCUT2D eigenvalue weighted by molar-refractivity contribution is 0.0376. The third-order valence-corrected chi connectivity index (χ3v) is 3.72. The summed E-state index contributed by atoms with van der Waals surface area (Å²) in [5, 5.41) is 3.11. The van der Waals surface area contributed by atoms with Gasteiger partial charge in [-0.3, -0.25) is 4.90 Å². The first-order valence-electron chi connectivity index (χ1n) is 7.74. The number of guanidine groups is 1. The summed E-state index contributed by atoms with van der Waals surface area (Å²) in [6.07, 6.45) is 1.02. The highest BCUT2D eigenvalue weighted by molar-refractivity contribution is 14.0. The molecular formula is C16H26FIN4O. The third-order valence-electron chi connectivity index (χ3n) is 3.72. The summed E-state index contributed by atoms with van der Waals surface area (Å²) in [4.78, 5) is 6.67. The number of halogens is 2. The van der Waals surface area contributed by atoms with Gasteiger partial charge in [0.2, 0.25) is 0 Å². The Kier molecular flexibility index (Phi) is 9.42. The predicted octanol–water partition coefficient (Wildman–Crippen LogP) is 1.88. The molecule has 0 unspecified atom stereocenters. The molecule has 0 bridgehead atoms. The van der Waals surface area contributed by atoms with Crippen LogP contribution in [0.2, 0.25) is 0 Å². The number of benzene rings is 1. The lowest BCUT2D eigenvalue weighted by atomic mass is 10.1. The molecular weight excluding hydrogens is 410 g/mol. The van der Waals surface area contributed by atoms with E-state index in [0.29, 0.717) is 18.1 Å². The second-order valence-corrected chi connectivity index (χ2v) is 5.52. The minimum atomic E-state index is -0.193. The number of rotatable bonds is 6. The van der Waals surface area contributed by atoms with Crippen molar-refractivity contribution in [1.29, 1.82) is 0 Å². The zero-order valence-electron chi connectivity index (χ0n) is 13.6. The standard InChI is InChI=1S/C16H25FN4O.HI/c1-13-11-14(3-4-15(13)17)12-20-16(18)19-5-2-6-21-7-9-22-10-8-21;/h3-4,11H,2,5-10,12H2,1H3,(H3,18,19,20);1H. The fourth-order valence-electron chi connectivity index (χ4n) is 2.38. The Hall–Kier alpha value is -0.930. The van der Waals surface area contributed by atoms with Gasteiger partial charge in [0.25, 0.3) is 0 Å². The number of aryl methyl sites for hydroxylation is 1. The molecule has 1 heterocycles. The number of ether oxygens (including phenoxy) is 1. The Labute approximate surface area is 154 Å². The molecule has 23 heavy (non-hydrogen) atoms. The molecule has 7 heteroatoms. The minimum Gasteiger partial charge on any atom is -0.379 e. The van der Waals surface area contributed by atoms with E-state index in [0.717, 1.165) is 51.4 Å². The first-order chi connectivity index (χ1) is 10.6. The predicted molar refractivity (Wildman–Crippen MR) is 102 cm³/mol. The van der Waals surface area contributed by atoms with E-state index in [1.165, 1.54) is 6.07 Å². The Morgan fingerprint density at radius 1 is 1.39 bits per heavy atom. The zero-order chi connectivity index (χ0) is 15.8. The van der Waals surface area contributed by atoms with Crippen LogP contribution in [0.15, 0.2) is 23.2 Å². The van der Waals surface area contributed by atoms with E-state index in [-0.39, 0.29) is 29.8 Å². The number of nitrogens with zero attached hydrogens (tertiary/aromatic N) is 2. The number of morpholine rings is 1. The van der Waals surface area contributed by atoms with Crippen molar-refractivity contribution >= 4 is 29.9 Å². The van der Waals surface area contributed by atoms with E-state index in [9.17, 15) is 4.39 Å². The van der Waals surface area contributed by atoms with Gasteiger partial charge in [-0.15, -0.1) is 24.0 Å². The van der Waals surface area contributed by atoms with Gasteiger partial charge in [0.05, 0.1) is 19.8 Å². The Morgan fingerprint density at radius 2 is 2.13 bits per heavy atom. The van der Waals surface area contributed by atoms with Gasteiger partial charge < -0.3 is 15.8 Å². The third kappa shape index (κ3) is 7.45. The first-order valence-corrected chi connectivity index (χ1v) is 7.74. The second-order valence-electron chi connectivity index (χ2n) is 5.52. The molecule has 5 nitrogen and oxygen atoms in total. The van der Waals surface area contributed by atoms with E-state index in [2.05, 4.69) is 15.2 Å². The maximum Gasteiger partial charge on any atom is 0.188 e. The van der Waals surface area contributed by atoms with Crippen LogP contribution in [0.25, 0.3) is 0 Å². The van der Waals surface area contributed by atoms with Gasteiger partial charge in [0.1, 0.15) is 5.82 Å². The maximum absolute atomic E-state index is 13.2. The molecule has 0 aliphatic carbocycles. The Balaban J connectivity index is 0.00000264. The molecule has 130 valence electrons. The van der Waals surface area contributed by atoms with E-state index in [4.69, 9.17) is 10.5 Å². The van der Waals surface area contributed by atoms with E-state index in [1.54, 1.807) is 19.1 Å². The molecule has 1 aromatic rings. The van der Waals surface area contributed by atoms with Crippen LogP contribution in [0.1, 0.15) is 17.5 Å². The number of nitrogens with two attached hydrogens (primary N) is 1. The van der Waals surface area contributed by atoms with Gasteiger partial charge in [-0.1, -0.05) is 12.1 Å². The quantitative estimate of drug-likeness (QED) is 0.310. The van der Waals surface area contributed by atoms with Crippen molar-refractivity contribution in [2.24, 2.45) is 10.7 Å². The molecule has 1 saturated heterocycles. The van der Waals surface area contributed by atoms with Gasteiger partial charge in [-0.2, -0.15) is 0 Å². The van der Waals surface area contributed by atoms with Crippen molar-refractivity contribution < 1.29 is 9.13 Å². The lowest BCUT2D eigenvalue weighted by Crippen LogP contribution is -2.39. The molecule has 0 atom stereocenters. The zero-order valence-corrected chi connectivity index (χ0v) is 15.9. The molecule has 1 fully saturated rings. The molecule has 0 radical (unpaired) electrons. The van der Waals surface area contributed by atoms with Crippen LogP contribution in [0, 0.1) is 12.7 Å². The van der Waals surface area contributed by atoms with Crippen LogP contribution in [-0.4, -0.2) is 50.3 Å². The van der Waals surface area contributed by atoms with Crippen LogP contribution in [-0.2, 0) is 11.3 Å². The van der Waals surface area contributed by atoms with Crippen LogP contribution in [0.4, 0.5) is 4.39 Å². The molecule has 0 spiro atoms. The lowest BCUT2D eigenvalue weighted by Gasteiger charge is -2.26. The average Bonchev–Trinajstić information content (AvgIpc) is 2.54. The van der Waals surface area contributed by atoms with Crippen molar-refractivity contribution in [2.45, 2.75) is 19.9 Å². The van der Waals surface area contributed by atoms with Crippen molar-refractivity contribution in [3.8, 4) is 0 Å². The maximum atomic E-state index is 13.2. The van der Waals surface area contributed by atoms with Crippen LogP contribution >= 0.6 is 24.0 Å². The minimum absolute atomic E-state index is 0. The summed E-state index contributed by atoms with van der Waals surface area (Å²) in [6, 6.07) is 4.99. The molecule has 1 aliphatic heterocycles. The van der Waals surface area contributed by atoms with Crippen molar-refractivity contribution in [1.82, 2.24) is 10.2 Å². The fourth-order valence-corrected chi connectivity index (χ4v) is 2.38. The summed E-state index contributed by atoms with van der Waals surface area (Å²) < 4.78 is 18.5. The van der Waals surface area contributed by atoms with Gasteiger partial charge in [0, 0.05) is 19.6 Å². The number of nitrogens with one attached hydrogen (secondary N) is 1. The summed E-state index contributed by atoms with van der Waals surface area (Å²) in [5.74, 6) is 0.242. The SMILES string of the molecule is Cc1cc(CN=C(N)NCCCN2CCOCC2)ccc1F.I. The molecule has 3 N–H and O–H groups in total. The number of hydrogen-bond acceptors (Lipinski definition) is 3. The van der Waals surface area contributed by atoms with E-state index >= 15 is 0 Å². The normalized spacial score (nSPS) is 16.0. The molecule has 0 amide bonds. The van der Waals surface area contributed by atoms with Gasteiger partial charge >= 0.3 is 0 Å². The topological polar surface area (TPSA) is 62.9 Å². The monoisotopic (exact) mass is 436 g/mol. The Bertz CT molecular complexity index is 507. The highest BCUT2D eigenvalue weighted by Gasteiger charge is 2.08. The summed E-state index contributed by atoms with van der Waals surface area (Å²) in [5.41, 5.74) is 7.42. The summed E-state index contributed by atoms with van der Waals surface area (Å²) in [7, 11) is 0. The largest absolute Gasteiger partial charge is 0.379 e. The van der Waals surface area contributed by atoms with E-state index < -0.39 is 0 Å². The second kappa shape index (κ2) is 10.8. The molecule has 1 aromatic carbocycles. The molecule has 0 aromatic heterocycles. The molecule has 1 aliphatic rings. The van der Waals surface area contributed by atoms with E-state index in [1.807, 2.05) is 0 Å². The summed E-state index contributed by atoms with van der Waals surface area (Å²) >= 11 is 0. The Morgan fingerprint density at radius 3 is 2.83 bits per heavy atom. The van der Waals surface area contributed by atoms with Crippen LogP contribution in [0.3, 0.4) is 0 Å². The smallest absolute Gasteiger partial charge is 0.188 e.